The second-order valence-electron chi connectivity index (χ2n) is 5.10. The molecule has 86 valence electrons. The molecule has 2 unspecified atom stereocenters. The van der Waals surface area contributed by atoms with E-state index in [1.807, 2.05) is 0 Å². The minimum absolute atomic E-state index is 0.184. The summed E-state index contributed by atoms with van der Waals surface area (Å²) in [4.78, 5) is 6.79. The standard InChI is InChI=1S/C11H22N4/c1-8(2)15-10(12)14-7-11(15)4-5-13-6-9(11)3/h8-9,13H,4-7H2,1-3H3,(H2,12,14). The van der Waals surface area contributed by atoms with Crippen LogP contribution in [-0.2, 0) is 0 Å². The summed E-state index contributed by atoms with van der Waals surface area (Å²) in [7, 11) is 0. The summed E-state index contributed by atoms with van der Waals surface area (Å²) in [6.07, 6.45) is 1.15. The number of guanidine groups is 1. The largest absolute Gasteiger partial charge is 0.370 e. The predicted octanol–water partition coefficient (Wildman–Crippen LogP) is 0.393. The molecule has 1 fully saturated rings. The number of hydrogen-bond acceptors (Lipinski definition) is 4. The SMILES string of the molecule is CC(C)N1C(N)=NCC12CCNCC2C. The predicted molar refractivity (Wildman–Crippen MR) is 62.8 cm³/mol. The van der Waals surface area contributed by atoms with E-state index in [0.717, 1.165) is 32.0 Å². The third-order valence-electron chi connectivity index (χ3n) is 3.86. The molecular weight excluding hydrogens is 188 g/mol. The second-order valence-corrected chi connectivity index (χ2v) is 5.10. The first-order valence-corrected chi connectivity index (χ1v) is 5.88. The van der Waals surface area contributed by atoms with Gasteiger partial charge in [-0.1, -0.05) is 6.92 Å². The van der Waals surface area contributed by atoms with Crippen molar-refractivity contribution in [1.82, 2.24) is 10.2 Å². The highest BCUT2D eigenvalue weighted by Crippen LogP contribution is 2.36. The van der Waals surface area contributed by atoms with E-state index >= 15 is 0 Å². The van der Waals surface area contributed by atoms with Gasteiger partial charge in [-0.2, -0.15) is 0 Å². The minimum Gasteiger partial charge on any atom is -0.370 e. The molecule has 1 spiro atoms. The van der Waals surface area contributed by atoms with Crippen molar-refractivity contribution in [2.45, 2.75) is 38.8 Å². The van der Waals surface area contributed by atoms with Crippen LogP contribution in [0.15, 0.2) is 4.99 Å². The van der Waals surface area contributed by atoms with Gasteiger partial charge in [-0.3, -0.25) is 4.99 Å². The van der Waals surface area contributed by atoms with Crippen molar-refractivity contribution in [1.29, 1.82) is 0 Å². The van der Waals surface area contributed by atoms with Crippen LogP contribution >= 0.6 is 0 Å². The Labute approximate surface area is 91.9 Å². The summed E-state index contributed by atoms with van der Waals surface area (Å²) in [6, 6.07) is 0.441. The first-order chi connectivity index (χ1) is 7.08. The summed E-state index contributed by atoms with van der Waals surface area (Å²) in [5.41, 5.74) is 6.19. The molecule has 0 aromatic carbocycles. The zero-order valence-corrected chi connectivity index (χ0v) is 9.95. The number of nitrogens with zero attached hydrogens (tertiary/aromatic N) is 2. The van der Waals surface area contributed by atoms with E-state index in [1.165, 1.54) is 0 Å². The lowest BCUT2D eigenvalue weighted by molar-refractivity contribution is 0.0720. The van der Waals surface area contributed by atoms with Crippen molar-refractivity contribution in [2.75, 3.05) is 19.6 Å². The number of nitrogens with two attached hydrogens (primary N) is 1. The van der Waals surface area contributed by atoms with Gasteiger partial charge in [0, 0.05) is 12.6 Å². The van der Waals surface area contributed by atoms with Gasteiger partial charge in [-0.05, 0) is 32.7 Å². The Morgan fingerprint density at radius 1 is 1.60 bits per heavy atom. The zero-order valence-electron chi connectivity index (χ0n) is 9.95. The van der Waals surface area contributed by atoms with Crippen LogP contribution in [-0.4, -0.2) is 42.1 Å². The van der Waals surface area contributed by atoms with Crippen molar-refractivity contribution < 1.29 is 0 Å². The highest BCUT2D eigenvalue weighted by Gasteiger charge is 2.48. The number of hydrogen-bond donors (Lipinski definition) is 2. The smallest absolute Gasteiger partial charge is 0.192 e. The molecule has 0 aromatic heterocycles. The molecule has 2 aliphatic heterocycles. The Balaban J connectivity index is 2.27. The molecule has 0 aliphatic carbocycles. The third-order valence-corrected chi connectivity index (χ3v) is 3.86. The molecule has 2 atom stereocenters. The lowest BCUT2D eigenvalue weighted by Crippen LogP contribution is -2.63. The van der Waals surface area contributed by atoms with Crippen molar-refractivity contribution in [3.8, 4) is 0 Å². The van der Waals surface area contributed by atoms with Crippen molar-refractivity contribution >= 4 is 5.96 Å². The molecule has 15 heavy (non-hydrogen) atoms. The van der Waals surface area contributed by atoms with Gasteiger partial charge in [0.1, 0.15) is 0 Å². The summed E-state index contributed by atoms with van der Waals surface area (Å²) in [5, 5.41) is 3.44. The average molecular weight is 210 g/mol. The van der Waals surface area contributed by atoms with E-state index in [2.05, 4.69) is 36.0 Å². The van der Waals surface area contributed by atoms with E-state index in [9.17, 15) is 0 Å². The average Bonchev–Trinajstić information content (AvgIpc) is 2.50. The van der Waals surface area contributed by atoms with Crippen molar-refractivity contribution in [2.24, 2.45) is 16.6 Å². The van der Waals surface area contributed by atoms with Crippen molar-refractivity contribution in [3.63, 3.8) is 0 Å². The van der Waals surface area contributed by atoms with Crippen LogP contribution < -0.4 is 11.1 Å². The van der Waals surface area contributed by atoms with Crippen molar-refractivity contribution in [3.05, 3.63) is 0 Å². The Kier molecular flexibility index (Phi) is 2.63. The Hall–Kier alpha value is -0.770. The first-order valence-electron chi connectivity index (χ1n) is 5.88. The molecule has 0 saturated carbocycles. The van der Waals surface area contributed by atoms with Gasteiger partial charge in [-0.25, -0.2) is 0 Å². The van der Waals surface area contributed by atoms with Crippen LogP contribution in [0.3, 0.4) is 0 Å². The number of piperidine rings is 1. The van der Waals surface area contributed by atoms with Crippen LogP contribution in [0.5, 0.6) is 0 Å². The second kappa shape index (κ2) is 3.67. The summed E-state index contributed by atoms with van der Waals surface area (Å²) >= 11 is 0. The van der Waals surface area contributed by atoms with Gasteiger partial charge >= 0.3 is 0 Å². The summed E-state index contributed by atoms with van der Waals surface area (Å²) in [6.45, 7) is 9.73. The van der Waals surface area contributed by atoms with Gasteiger partial charge in [0.15, 0.2) is 5.96 Å². The van der Waals surface area contributed by atoms with E-state index in [0.29, 0.717) is 12.0 Å². The van der Waals surface area contributed by atoms with Crippen LogP contribution in [0, 0.1) is 5.92 Å². The monoisotopic (exact) mass is 210 g/mol. The fourth-order valence-electron chi connectivity index (χ4n) is 3.03. The quantitative estimate of drug-likeness (QED) is 0.658. The summed E-state index contributed by atoms with van der Waals surface area (Å²) < 4.78 is 0. The maximum atomic E-state index is 6.00. The number of aliphatic imine (C=N–C) groups is 1. The van der Waals surface area contributed by atoms with Gasteiger partial charge in [0.05, 0.1) is 12.1 Å². The molecule has 4 nitrogen and oxygen atoms in total. The lowest BCUT2D eigenvalue weighted by atomic mass is 9.78. The Bertz CT molecular complexity index is 274. The summed E-state index contributed by atoms with van der Waals surface area (Å²) in [5.74, 6) is 1.34. The molecule has 0 bridgehead atoms. The van der Waals surface area contributed by atoms with Gasteiger partial charge < -0.3 is 16.0 Å². The molecule has 0 radical (unpaired) electrons. The van der Waals surface area contributed by atoms with Crippen LogP contribution in [0.4, 0.5) is 0 Å². The molecule has 2 rings (SSSR count). The van der Waals surface area contributed by atoms with E-state index < -0.39 is 0 Å². The van der Waals surface area contributed by atoms with Gasteiger partial charge in [-0.15, -0.1) is 0 Å². The van der Waals surface area contributed by atoms with Gasteiger partial charge in [0.25, 0.3) is 0 Å². The van der Waals surface area contributed by atoms with E-state index in [-0.39, 0.29) is 5.54 Å². The first kappa shape index (κ1) is 10.7. The molecule has 4 heteroatoms. The molecule has 2 heterocycles. The number of nitrogens with one attached hydrogen (secondary N) is 1. The minimum atomic E-state index is 0.184. The Morgan fingerprint density at radius 3 is 2.93 bits per heavy atom. The fourth-order valence-corrected chi connectivity index (χ4v) is 3.03. The maximum Gasteiger partial charge on any atom is 0.192 e. The van der Waals surface area contributed by atoms with Crippen LogP contribution in [0.25, 0.3) is 0 Å². The van der Waals surface area contributed by atoms with E-state index in [1.54, 1.807) is 0 Å². The molecule has 3 N–H and O–H groups in total. The highest BCUT2D eigenvalue weighted by atomic mass is 15.4. The lowest BCUT2D eigenvalue weighted by Gasteiger charge is -2.48. The molecular formula is C11H22N4. The normalized spacial score (nSPS) is 36.4. The maximum absolute atomic E-state index is 6.00. The molecule has 0 amide bonds. The third kappa shape index (κ3) is 1.51. The number of rotatable bonds is 1. The topological polar surface area (TPSA) is 53.6 Å². The fraction of sp³-hybridized carbons (Fsp3) is 0.909. The zero-order chi connectivity index (χ0) is 11.1. The molecule has 2 aliphatic rings. The highest BCUT2D eigenvalue weighted by molar-refractivity contribution is 5.81. The van der Waals surface area contributed by atoms with Gasteiger partial charge in [0.2, 0.25) is 0 Å². The van der Waals surface area contributed by atoms with E-state index in [4.69, 9.17) is 5.73 Å². The Morgan fingerprint density at radius 2 is 2.33 bits per heavy atom. The van der Waals surface area contributed by atoms with Crippen LogP contribution in [0.2, 0.25) is 0 Å². The molecule has 1 saturated heterocycles. The van der Waals surface area contributed by atoms with Crippen LogP contribution in [0.1, 0.15) is 27.2 Å². The molecule has 0 aromatic rings.